The lowest BCUT2D eigenvalue weighted by Gasteiger charge is -2.15. The summed E-state index contributed by atoms with van der Waals surface area (Å²) >= 11 is 0. The van der Waals surface area contributed by atoms with Crippen LogP contribution < -0.4 is 0 Å². The highest BCUT2D eigenvalue weighted by molar-refractivity contribution is 6.12. The number of hydrogen-bond acceptors (Lipinski definition) is 8. The Labute approximate surface area is 338 Å². The summed E-state index contributed by atoms with van der Waals surface area (Å²) in [4.78, 5) is 15.0. The lowest BCUT2D eigenvalue weighted by atomic mass is 9.95. The van der Waals surface area contributed by atoms with Gasteiger partial charge in [-0.3, -0.25) is 0 Å². The van der Waals surface area contributed by atoms with Gasteiger partial charge in [-0.15, -0.1) is 0 Å². The fraction of sp³-hybridized carbons (Fsp3) is 0. The largest absolute Gasteiger partial charge is 0.308 e. The minimum Gasteiger partial charge on any atom is -0.308 e. The average molecular weight is 752 g/mol. The van der Waals surface area contributed by atoms with Crippen molar-refractivity contribution in [3.63, 3.8) is 0 Å². The molecule has 0 spiro atoms. The van der Waals surface area contributed by atoms with E-state index < -0.39 is 0 Å². The van der Waals surface area contributed by atoms with Crippen LogP contribution in [-0.2, 0) is 0 Å². The molecule has 9 heteroatoms. The predicted octanol–water partition coefficient (Wildman–Crippen LogP) is 10.7. The quantitative estimate of drug-likeness (QED) is 0.162. The van der Waals surface area contributed by atoms with Crippen molar-refractivity contribution in [2.24, 2.45) is 0 Å². The van der Waals surface area contributed by atoms with Crippen molar-refractivity contribution in [3.8, 4) is 92.5 Å². The van der Waals surface area contributed by atoms with Gasteiger partial charge < -0.3 is 4.57 Å². The molecule has 0 fully saturated rings. The van der Waals surface area contributed by atoms with Gasteiger partial charge in [-0.2, -0.15) is 26.3 Å². The summed E-state index contributed by atoms with van der Waals surface area (Å²) in [5.74, 6) is 1.40. The Balaban J connectivity index is 1.35. The third-order valence-corrected chi connectivity index (χ3v) is 10.2. The molecule has 0 saturated carbocycles. The van der Waals surface area contributed by atoms with Gasteiger partial charge in [0.05, 0.1) is 74.9 Å². The van der Waals surface area contributed by atoms with Crippen LogP contribution in [0.2, 0.25) is 0 Å². The zero-order valence-electron chi connectivity index (χ0n) is 31.0. The molecule has 59 heavy (non-hydrogen) atoms. The van der Waals surface area contributed by atoms with Crippen LogP contribution in [0.1, 0.15) is 27.8 Å². The number of fused-ring (bicyclic) bond motifs is 3. The van der Waals surface area contributed by atoms with Crippen LogP contribution in [0.25, 0.3) is 83.9 Å². The van der Waals surface area contributed by atoms with Crippen LogP contribution in [0.5, 0.6) is 0 Å². The summed E-state index contributed by atoms with van der Waals surface area (Å²) in [5, 5.41) is 51.2. The maximum Gasteiger partial charge on any atom is 0.166 e. The van der Waals surface area contributed by atoms with Gasteiger partial charge in [0.15, 0.2) is 17.5 Å². The average Bonchev–Trinajstić information content (AvgIpc) is 3.64. The molecule has 0 aliphatic carbocycles. The molecule has 2 heterocycles. The Morgan fingerprint density at radius 2 is 0.780 bits per heavy atom. The van der Waals surface area contributed by atoms with E-state index in [1.54, 1.807) is 42.5 Å². The Hall–Kier alpha value is -9.20. The van der Waals surface area contributed by atoms with Crippen LogP contribution in [-0.4, -0.2) is 19.5 Å². The molecule has 2 aromatic heterocycles. The minimum absolute atomic E-state index is 0.367. The minimum atomic E-state index is 0.367. The molecular weight excluding hydrogens is 727 g/mol. The molecule has 9 aromatic rings. The zero-order valence-corrected chi connectivity index (χ0v) is 31.0. The highest BCUT2D eigenvalue weighted by Gasteiger charge is 2.22. The second kappa shape index (κ2) is 14.8. The predicted molar refractivity (Wildman–Crippen MR) is 225 cm³/mol. The van der Waals surface area contributed by atoms with E-state index >= 15 is 0 Å². The van der Waals surface area contributed by atoms with Gasteiger partial charge >= 0.3 is 0 Å². The molecule has 270 valence electrons. The second-order valence-electron chi connectivity index (χ2n) is 13.6. The molecule has 0 amide bonds. The van der Waals surface area contributed by atoms with Gasteiger partial charge in [0.25, 0.3) is 0 Å². The number of benzene rings is 7. The summed E-state index contributed by atoms with van der Waals surface area (Å²) in [7, 11) is 0. The van der Waals surface area contributed by atoms with Crippen molar-refractivity contribution in [1.29, 1.82) is 26.3 Å². The maximum atomic E-state index is 10.2. The van der Waals surface area contributed by atoms with Crippen LogP contribution in [0, 0.1) is 56.7 Å². The fourth-order valence-corrected chi connectivity index (χ4v) is 7.44. The standard InChI is InChI=1S/C50H25N9/c51-26-31-11-16-40(38(21-31)29-54)36-14-19-45-43(24-36)44-25-37(41-17-12-32(27-52)22-39(41)30-55)15-20-46(44)59(45)47-23-33(28-53)13-18-42(47)50-57-48(34-7-3-1-4-8-34)56-49(58-50)35-9-5-2-6-10-35/h1-25H. The third kappa shape index (κ3) is 6.34. The van der Waals surface area contributed by atoms with Gasteiger partial charge in [-0.1, -0.05) is 84.9 Å². The van der Waals surface area contributed by atoms with Crippen molar-refractivity contribution in [2.45, 2.75) is 0 Å². The maximum absolute atomic E-state index is 10.2. The van der Waals surface area contributed by atoms with E-state index in [9.17, 15) is 26.3 Å². The molecule has 7 aromatic carbocycles. The van der Waals surface area contributed by atoms with Crippen LogP contribution in [0.3, 0.4) is 0 Å². The Kier molecular flexibility index (Phi) is 8.90. The van der Waals surface area contributed by atoms with E-state index in [0.29, 0.717) is 67.7 Å². The fourth-order valence-electron chi connectivity index (χ4n) is 7.44. The first-order chi connectivity index (χ1) is 29.0. The van der Waals surface area contributed by atoms with Crippen LogP contribution in [0.15, 0.2) is 152 Å². The van der Waals surface area contributed by atoms with Crippen molar-refractivity contribution >= 4 is 21.8 Å². The SMILES string of the molecule is N#Cc1ccc(-c2ccc3c(c2)c2cc(-c4ccc(C#N)cc4C#N)ccc2n3-c2cc(C#N)ccc2-c2nc(-c3ccccc3)nc(-c3ccccc3)n2)c(C#N)c1. The highest BCUT2D eigenvalue weighted by atomic mass is 15.1. The summed E-state index contributed by atoms with van der Waals surface area (Å²) < 4.78 is 2.08. The Bertz CT molecular complexity index is 3200. The van der Waals surface area contributed by atoms with Gasteiger partial charge in [-0.05, 0) is 89.0 Å². The number of nitriles is 5. The van der Waals surface area contributed by atoms with Crippen molar-refractivity contribution < 1.29 is 0 Å². The molecule has 0 bridgehead atoms. The van der Waals surface area contributed by atoms with Crippen molar-refractivity contribution in [3.05, 3.63) is 179 Å². The summed E-state index contributed by atoms with van der Waals surface area (Å²) in [6, 6.07) is 57.9. The molecule has 0 aliphatic heterocycles. The number of rotatable bonds is 6. The number of aromatic nitrogens is 4. The highest BCUT2D eigenvalue weighted by Crippen LogP contribution is 2.41. The lowest BCUT2D eigenvalue weighted by molar-refractivity contribution is 1.06. The molecule has 0 unspecified atom stereocenters. The van der Waals surface area contributed by atoms with E-state index in [0.717, 1.165) is 44.1 Å². The third-order valence-electron chi connectivity index (χ3n) is 10.2. The first-order valence-electron chi connectivity index (χ1n) is 18.4. The normalized spacial score (nSPS) is 10.6. The lowest BCUT2D eigenvalue weighted by Crippen LogP contribution is -2.04. The van der Waals surface area contributed by atoms with Gasteiger partial charge in [0.1, 0.15) is 0 Å². The van der Waals surface area contributed by atoms with Crippen molar-refractivity contribution in [2.75, 3.05) is 0 Å². The van der Waals surface area contributed by atoms with E-state index in [2.05, 4.69) is 34.9 Å². The van der Waals surface area contributed by atoms with Crippen molar-refractivity contribution in [1.82, 2.24) is 19.5 Å². The first-order valence-corrected chi connectivity index (χ1v) is 18.4. The Morgan fingerprint density at radius 3 is 1.22 bits per heavy atom. The molecule has 9 nitrogen and oxygen atoms in total. The summed E-state index contributed by atoms with van der Waals surface area (Å²) in [6.45, 7) is 0. The van der Waals surface area contributed by atoms with E-state index in [1.807, 2.05) is 109 Å². The smallest absolute Gasteiger partial charge is 0.166 e. The molecule has 0 atom stereocenters. The molecule has 0 aliphatic rings. The van der Waals surface area contributed by atoms with Gasteiger partial charge in [0, 0.05) is 27.5 Å². The summed E-state index contributed by atoms with van der Waals surface area (Å²) in [5.41, 5.74) is 9.35. The van der Waals surface area contributed by atoms with E-state index in [1.165, 1.54) is 0 Å². The molecule has 0 radical (unpaired) electrons. The molecule has 9 rings (SSSR count). The Morgan fingerprint density at radius 1 is 0.356 bits per heavy atom. The molecular formula is C50H25N9. The second-order valence-corrected chi connectivity index (χ2v) is 13.6. The monoisotopic (exact) mass is 751 g/mol. The number of hydrogen-bond donors (Lipinski definition) is 0. The zero-order chi connectivity index (χ0) is 40.5. The van der Waals surface area contributed by atoms with E-state index in [4.69, 9.17) is 15.0 Å². The molecule has 0 N–H and O–H groups in total. The summed E-state index contributed by atoms with van der Waals surface area (Å²) in [6.07, 6.45) is 0. The topological polar surface area (TPSA) is 163 Å². The number of nitrogens with zero attached hydrogens (tertiary/aromatic N) is 9. The first kappa shape index (κ1) is 35.5. The van der Waals surface area contributed by atoms with Gasteiger partial charge in [0.2, 0.25) is 0 Å². The van der Waals surface area contributed by atoms with Crippen LogP contribution in [0.4, 0.5) is 0 Å². The van der Waals surface area contributed by atoms with Gasteiger partial charge in [-0.25, -0.2) is 15.0 Å². The molecule has 0 saturated heterocycles. The van der Waals surface area contributed by atoms with E-state index in [-0.39, 0.29) is 0 Å². The van der Waals surface area contributed by atoms with Crippen LogP contribution >= 0.6 is 0 Å².